The highest BCUT2D eigenvalue weighted by atomic mass is 15.5. The van der Waals surface area contributed by atoms with E-state index in [9.17, 15) is 0 Å². The van der Waals surface area contributed by atoms with Crippen LogP contribution >= 0.6 is 0 Å². The van der Waals surface area contributed by atoms with Crippen LogP contribution in [0.3, 0.4) is 0 Å². The Morgan fingerprint density at radius 1 is 1.38 bits per heavy atom. The summed E-state index contributed by atoms with van der Waals surface area (Å²) in [6.45, 7) is 0. The van der Waals surface area contributed by atoms with Gasteiger partial charge in [0, 0.05) is 20.1 Å². The maximum Gasteiger partial charge on any atom is 0.208 e. The highest BCUT2D eigenvalue weighted by Crippen LogP contribution is 2.20. The fourth-order valence-corrected chi connectivity index (χ4v) is 1.89. The Hall–Kier alpha value is -0.770. The van der Waals surface area contributed by atoms with Crippen LogP contribution in [-0.4, -0.2) is 31.1 Å². The summed E-state index contributed by atoms with van der Waals surface area (Å²) in [5.41, 5.74) is 0. The monoisotopic (exact) mass is 184 g/mol. The lowest BCUT2D eigenvalue weighted by molar-refractivity contribution is 0.242. The Bertz CT molecular complexity index is 172. The first-order valence-electron chi connectivity index (χ1n) is 4.98. The SMILES string of the molecule is CN=C(NC)N(N)C1CCCCC1. The van der Waals surface area contributed by atoms with E-state index >= 15 is 0 Å². The van der Waals surface area contributed by atoms with Gasteiger partial charge < -0.3 is 5.32 Å². The highest BCUT2D eigenvalue weighted by Gasteiger charge is 2.20. The molecule has 0 aromatic carbocycles. The van der Waals surface area contributed by atoms with Gasteiger partial charge in [0.05, 0.1) is 0 Å². The molecule has 1 aliphatic rings. The molecule has 3 N–H and O–H groups in total. The molecule has 1 rings (SSSR count). The molecular weight excluding hydrogens is 164 g/mol. The molecule has 4 nitrogen and oxygen atoms in total. The summed E-state index contributed by atoms with van der Waals surface area (Å²) in [5.74, 6) is 6.74. The second-order valence-electron chi connectivity index (χ2n) is 3.50. The third-order valence-corrected chi connectivity index (χ3v) is 2.65. The van der Waals surface area contributed by atoms with Crippen LogP contribution < -0.4 is 11.2 Å². The minimum absolute atomic E-state index is 0.472. The number of rotatable bonds is 1. The highest BCUT2D eigenvalue weighted by molar-refractivity contribution is 5.79. The van der Waals surface area contributed by atoms with Crippen molar-refractivity contribution in [1.29, 1.82) is 0 Å². The molecule has 4 heteroatoms. The summed E-state index contributed by atoms with van der Waals surface area (Å²) >= 11 is 0. The van der Waals surface area contributed by atoms with Gasteiger partial charge in [-0.1, -0.05) is 19.3 Å². The third kappa shape index (κ3) is 2.59. The standard InChI is InChI=1S/C9H20N4/c1-11-9(12-2)13(10)8-6-4-3-5-7-8/h8H,3-7,10H2,1-2H3,(H,11,12). The molecule has 1 aliphatic carbocycles. The van der Waals surface area contributed by atoms with Crippen LogP contribution in [0.25, 0.3) is 0 Å². The van der Waals surface area contributed by atoms with Gasteiger partial charge in [0.2, 0.25) is 5.96 Å². The van der Waals surface area contributed by atoms with Gasteiger partial charge in [-0.15, -0.1) is 0 Å². The molecule has 0 aliphatic heterocycles. The molecule has 0 atom stereocenters. The second kappa shape index (κ2) is 5.07. The van der Waals surface area contributed by atoms with Crippen molar-refractivity contribution in [3.63, 3.8) is 0 Å². The van der Waals surface area contributed by atoms with Crippen molar-refractivity contribution in [1.82, 2.24) is 10.3 Å². The van der Waals surface area contributed by atoms with Crippen molar-refractivity contribution in [3.05, 3.63) is 0 Å². The molecule has 1 fully saturated rings. The molecule has 13 heavy (non-hydrogen) atoms. The summed E-state index contributed by atoms with van der Waals surface area (Å²) < 4.78 is 0. The number of hydrogen-bond acceptors (Lipinski definition) is 2. The Labute approximate surface area is 80.2 Å². The van der Waals surface area contributed by atoms with E-state index in [0.717, 1.165) is 5.96 Å². The van der Waals surface area contributed by atoms with E-state index in [2.05, 4.69) is 10.3 Å². The summed E-state index contributed by atoms with van der Waals surface area (Å²) in [7, 11) is 3.61. The molecule has 0 aromatic heterocycles. The fraction of sp³-hybridized carbons (Fsp3) is 0.889. The van der Waals surface area contributed by atoms with Crippen molar-refractivity contribution >= 4 is 5.96 Å². The Morgan fingerprint density at radius 2 is 2.00 bits per heavy atom. The third-order valence-electron chi connectivity index (χ3n) is 2.65. The van der Waals surface area contributed by atoms with Gasteiger partial charge in [-0.05, 0) is 12.8 Å². The lowest BCUT2D eigenvalue weighted by Gasteiger charge is -2.32. The number of nitrogens with two attached hydrogens (primary N) is 1. The molecule has 0 heterocycles. The largest absolute Gasteiger partial charge is 0.358 e. The Morgan fingerprint density at radius 3 is 2.46 bits per heavy atom. The normalized spacial score (nSPS) is 20.1. The molecule has 0 bridgehead atoms. The van der Waals surface area contributed by atoms with Crippen LogP contribution in [0.1, 0.15) is 32.1 Å². The Kier molecular flexibility index (Phi) is 4.02. The molecule has 0 radical (unpaired) electrons. The molecule has 1 saturated carbocycles. The lowest BCUT2D eigenvalue weighted by atomic mass is 9.95. The van der Waals surface area contributed by atoms with Crippen LogP contribution in [0.15, 0.2) is 4.99 Å². The summed E-state index contributed by atoms with van der Waals surface area (Å²) in [4.78, 5) is 4.09. The van der Waals surface area contributed by atoms with Crippen molar-refractivity contribution in [2.24, 2.45) is 10.8 Å². The second-order valence-corrected chi connectivity index (χ2v) is 3.50. The predicted molar refractivity (Wildman–Crippen MR) is 55.3 cm³/mol. The van der Waals surface area contributed by atoms with Crippen molar-refractivity contribution in [2.45, 2.75) is 38.1 Å². The molecule has 0 aromatic rings. The van der Waals surface area contributed by atoms with Gasteiger partial charge in [-0.3, -0.25) is 10.0 Å². The molecule has 0 saturated heterocycles. The average Bonchev–Trinajstić information content (AvgIpc) is 2.21. The van der Waals surface area contributed by atoms with Crippen LogP contribution in [0.5, 0.6) is 0 Å². The number of nitrogens with one attached hydrogen (secondary N) is 1. The van der Waals surface area contributed by atoms with Crippen LogP contribution in [-0.2, 0) is 0 Å². The van der Waals surface area contributed by atoms with Gasteiger partial charge in [0.1, 0.15) is 0 Å². The van der Waals surface area contributed by atoms with E-state index in [1.165, 1.54) is 32.1 Å². The molecule has 0 unspecified atom stereocenters. The first kappa shape index (κ1) is 10.3. The minimum Gasteiger partial charge on any atom is -0.358 e. The number of hydrogen-bond donors (Lipinski definition) is 2. The number of aliphatic imine (C=N–C) groups is 1. The quantitative estimate of drug-likeness (QED) is 0.273. The first-order chi connectivity index (χ1) is 6.29. The topological polar surface area (TPSA) is 53.7 Å². The van der Waals surface area contributed by atoms with Crippen molar-refractivity contribution in [3.8, 4) is 0 Å². The lowest BCUT2D eigenvalue weighted by Crippen LogP contribution is -2.51. The zero-order valence-electron chi connectivity index (χ0n) is 8.58. The van der Waals surface area contributed by atoms with Crippen molar-refractivity contribution in [2.75, 3.05) is 14.1 Å². The van der Waals surface area contributed by atoms with Gasteiger partial charge in [-0.2, -0.15) is 0 Å². The van der Waals surface area contributed by atoms with E-state index in [4.69, 9.17) is 5.84 Å². The summed E-state index contributed by atoms with van der Waals surface area (Å²) in [5, 5.41) is 4.78. The van der Waals surface area contributed by atoms with Crippen LogP contribution in [0.2, 0.25) is 0 Å². The van der Waals surface area contributed by atoms with E-state index < -0.39 is 0 Å². The minimum atomic E-state index is 0.472. The van der Waals surface area contributed by atoms with Crippen LogP contribution in [0, 0.1) is 0 Å². The van der Waals surface area contributed by atoms with Gasteiger partial charge in [-0.25, -0.2) is 5.84 Å². The van der Waals surface area contributed by atoms with E-state index in [1.807, 2.05) is 7.05 Å². The first-order valence-corrected chi connectivity index (χ1v) is 4.98. The van der Waals surface area contributed by atoms with E-state index in [1.54, 1.807) is 12.1 Å². The smallest absolute Gasteiger partial charge is 0.208 e. The number of guanidine groups is 1. The van der Waals surface area contributed by atoms with E-state index in [-0.39, 0.29) is 0 Å². The van der Waals surface area contributed by atoms with Gasteiger partial charge in [0.15, 0.2) is 0 Å². The maximum absolute atomic E-state index is 5.95. The van der Waals surface area contributed by atoms with Crippen molar-refractivity contribution < 1.29 is 0 Å². The molecule has 0 spiro atoms. The maximum atomic E-state index is 5.95. The average molecular weight is 184 g/mol. The van der Waals surface area contributed by atoms with Gasteiger partial charge in [0.25, 0.3) is 0 Å². The zero-order valence-corrected chi connectivity index (χ0v) is 8.58. The fourth-order valence-electron chi connectivity index (χ4n) is 1.89. The predicted octanol–water partition coefficient (Wildman–Crippen LogP) is 0.700. The summed E-state index contributed by atoms with van der Waals surface area (Å²) in [6.07, 6.45) is 6.31. The van der Waals surface area contributed by atoms with Gasteiger partial charge >= 0.3 is 0 Å². The molecular formula is C9H20N4. The molecule has 0 amide bonds. The van der Waals surface area contributed by atoms with Crippen LogP contribution in [0.4, 0.5) is 0 Å². The molecule has 76 valence electrons. The number of hydrazine groups is 1. The zero-order chi connectivity index (χ0) is 9.68. The summed E-state index contributed by atoms with van der Waals surface area (Å²) in [6, 6.07) is 0.472. The Balaban J connectivity index is 2.49. The number of nitrogens with zero attached hydrogens (tertiary/aromatic N) is 2. The van der Waals surface area contributed by atoms with E-state index in [0.29, 0.717) is 6.04 Å².